The number of hydrogen-bond donors (Lipinski definition) is 2. The van der Waals surface area contributed by atoms with Gasteiger partial charge in [-0.15, -0.1) is 6.92 Å². The first-order valence-electron chi connectivity index (χ1n) is 1.85. The fraction of sp³-hybridized carbons (Fsp3) is 0.250. The van der Waals surface area contributed by atoms with Crippen molar-refractivity contribution in [1.29, 1.82) is 0 Å². The van der Waals surface area contributed by atoms with Gasteiger partial charge in [-0.2, -0.15) is 14.8 Å². The molecule has 0 saturated carbocycles. The van der Waals surface area contributed by atoms with E-state index in [1.165, 1.54) is 0 Å². The summed E-state index contributed by atoms with van der Waals surface area (Å²) in [6.07, 6.45) is 6.38. The molecule has 0 rings (SSSR count). The van der Waals surface area contributed by atoms with Crippen LogP contribution in [0.5, 0.6) is 0 Å². The smallest absolute Gasteiger partial charge is 0.345 e. The molecular formula is C4H7LiO4S. The van der Waals surface area contributed by atoms with Crippen molar-refractivity contribution in [2.45, 2.75) is 6.92 Å². The second-order valence-electron chi connectivity index (χ2n) is 0.903. The van der Waals surface area contributed by atoms with Gasteiger partial charge in [-0.1, -0.05) is 0 Å². The van der Waals surface area contributed by atoms with E-state index < -0.39 is 10.4 Å². The summed E-state index contributed by atoms with van der Waals surface area (Å²) in [5.74, 6) is 2.31. The minimum atomic E-state index is -4.67. The first-order valence-corrected chi connectivity index (χ1v) is 3.25. The van der Waals surface area contributed by atoms with Crippen molar-refractivity contribution in [3.63, 3.8) is 0 Å². The predicted octanol–water partition coefficient (Wildman–Crippen LogP) is -2.81. The van der Waals surface area contributed by atoms with E-state index in [4.69, 9.17) is 23.9 Å². The monoisotopic (exact) mass is 158 g/mol. The average Bonchev–Trinajstić information content (AvgIpc) is 1.61. The molecule has 0 aromatic carbocycles. The zero-order chi connectivity index (χ0) is 7.91. The molecule has 0 bridgehead atoms. The molecule has 0 aromatic rings. The third kappa shape index (κ3) is 467. The summed E-state index contributed by atoms with van der Waals surface area (Å²) in [4.78, 5) is 0. The molecule has 54 valence electrons. The van der Waals surface area contributed by atoms with Gasteiger partial charge in [0.15, 0.2) is 0 Å². The van der Waals surface area contributed by atoms with Gasteiger partial charge in [0.2, 0.25) is 0 Å². The Bertz CT molecular complexity index is 170. The van der Waals surface area contributed by atoms with Crippen molar-refractivity contribution < 1.29 is 36.4 Å². The Hall–Kier alpha value is -0.103. The summed E-state index contributed by atoms with van der Waals surface area (Å²) in [6.45, 7) is 1.82. The molecule has 0 amide bonds. The van der Waals surface area contributed by atoms with E-state index >= 15 is 0 Å². The standard InChI is InChI=1S/C4H5.Li.H2O4S/c1-3-4-2;;1-5(2,3)4/h1,4H,2H3;;(H2,1,2,3,4)/q-1;+1;. The van der Waals surface area contributed by atoms with Crippen molar-refractivity contribution >= 4 is 10.4 Å². The van der Waals surface area contributed by atoms with Gasteiger partial charge in [-0.3, -0.25) is 15.0 Å². The second-order valence-corrected chi connectivity index (χ2v) is 1.80. The molecule has 0 aliphatic heterocycles. The summed E-state index contributed by atoms with van der Waals surface area (Å²) in [5.41, 5.74) is 0. The molecule has 0 heterocycles. The number of terminal acetylenes is 1. The van der Waals surface area contributed by atoms with Crippen LogP contribution in [-0.2, 0) is 10.4 Å². The SMILES string of the molecule is C#C[CH-]C.O=S(=O)(O)O.[Li+]. The summed E-state index contributed by atoms with van der Waals surface area (Å²) < 4.78 is 31.6. The maximum Gasteiger partial charge on any atom is 1.00 e. The van der Waals surface area contributed by atoms with E-state index in [1.807, 2.05) is 6.92 Å². The van der Waals surface area contributed by atoms with Gasteiger partial charge < -0.3 is 6.42 Å². The quantitative estimate of drug-likeness (QED) is 0.173. The summed E-state index contributed by atoms with van der Waals surface area (Å²) in [5, 5.41) is 0. The van der Waals surface area contributed by atoms with Crippen LogP contribution < -0.4 is 18.9 Å². The number of rotatable bonds is 0. The zero-order valence-corrected chi connectivity index (χ0v) is 6.59. The van der Waals surface area contributed by atoms with Gasteiger partial charge >= 0.3 is 29.3 Å². The number of hydrogen-bond acceptors (Lipinski definition) is 2. The fourth-order valence-electron chi connectivity index (χ4n) is 0. The van der Waals surface area contributed by atoms with E-state index in [-0.39, 0.29) is 18.9 Å². The minimum Gasteiger partial charge on any atom is -0.345 e. The van der Waals surface area contributed by atoms with Crippen LogP contribution in [0, 0.1) is 18.8 Å². The van der Waals surface area contributed by atoms with Crippen LogP contribution in [-0.4, -0.2) is 17.5 Å². The zero-order valence-electron chi connectivity index (χ0n) is 5.77. The topological polar surface area (TPSA) is 74.6 Å². The molecule has 2 N–H and O–H groups in total. The minimum absolute atomic E-state index is 0. The maximum absolute atomic E-state index is 8.74. The average molecular weight is 158 g/mol. The molecule has 0 aliphatic rings. The Morgan fingerprint density at radius 1 is 1.50 bits per heavy atom. The molecule has 0 saturated heterocycles. The van der Waals surface area contributed by atoms with Gasteiger partial charge in [-0.25, -0.2) is 0 Å². The van der Waals surface area contributed by atoms with Gasteiger partial charge in [0, 0.05) is 0 Å². The molecule has 0 spiro atoms. The molecule has 0 unspecified atom stereocenters. The summed E-state index contributed by atoms with van der Waals surface area (Å²) >= 11 is 0. The molecule has 0 aromatic heterocycles. The molecule has 10 heavy (non-hydrogen) atoms. The summed E-state index contributed by atoms with van der Waals surface area (Å²) in [7, 11) is -4.67. The largest absolute Gasteiger partial charge is 1.00 e. The van der Waals surface area contributed by atoms with E-state index in [9.17, 15) is 0 Å². The van der Waals surface area contributed by atoms with Crippen LogP contribution in [0.4, 0.5) is 0 Å². The molecule has 0 atom stereocenters. The van der Waals surface area contributed by atoms with E-state index in [0.717, 1.165) is 0 Å². The van der Waals surface area contributed by atoms with Crippen molar-refractivity contribution in [2.24, 2.45) is 0 Å². The second kappa shape index (κ2) is 8.90. The van der Waals surface area contributed by atoms with Gasteiger partial charge in [0.05, 0.1) is 0 Å². The van der Waals surface area contributed by atoms with Crippen molar-refractivity contribution in [2.75, 3.05) is 0 Å². The Balaban J connectivity index is -0.0000000910. The summed E-state index contributed by atoms with van der Waals surface area (Å²) in [6, 6.07) is 0. The van der Waals surface area contributed by atoms with Crippen molar-refractivity contribution in [1.82, 2.24) is 0 Å². The molecule has 0 fully saturated rings. The first-order chi connectivity index (χ1) is 3.91. The van der Waals surface area contributed by atoms with Gasteiger partial charge in [-0.05, 0) is 0 Å². The van der Waals surface area contributed by atoms with Crippen molar-refractivity contribution in [3.8, 4) is 12.3 Å². The Morgan fingerprint density at radius 2 is 1.60 bits per heavy atom. The molecule has 4 nitrogen and oxygen atoms in total. The fourth-order valence-corrected chi connectivity index (χ4v) is 0. The molecule has 0 radical (unpaired) electrons. The third-order valence-electron chi connectivity index (χ3n) is 0.167. The van der Waals surface area contributed by atoms with E-state index in [0.29, 0.717) is 0 Å². The maximum atomic E-state index is 8.74. The van der Waals surface area contributed by atoms with Crippen LogP contribution >= 0.6 is 0 Å². The van der Waals surface area contributed by atoms with Crippen LogP contribution in [0.1, 0.15) is 6.92 Å². The first kappa shape index (κ1) is 16.5. The van der Waals surface area contributed by atoms with Crippen molar-refractivity contribution in [3.05, 3.63) is 6.42 Å². The van der Waals surface area contributed by atoms with Crippen LogP contribution in [0.25, 0.3) is 0 Å². The third-order valence-corrected chi connectivity index (χ3v) is 0.167. The van der Waals surface area contributed by atoms with Crippen LogP contribution in [0.15, 0.2) is 0 Å². The Kier molecular flexibility index (Phi) is 14.7. The van der Waals surface area contributed by atoms with Gasteiger partial charge in [0.1, 0.15) is 0 Å². The Morgan fingerprint density at radius 3 is 1.60 bits per heavy atom. The molecule has 6 heteroatoms. The van der Waals surface area contributed by atoms with Crippen LogP contribution in [0.2, 0.25) is 0 Å². The van der Waals surface area contributed by atoms with E-state index in [1.54, 1.807) is 6.42 Å². The predicted molar refractivity (Wildman–Crippen MR) is 33.0 cm³/mol. The molecular weight excluding hydrogens is 151 g/mol. The van der Waals surface area contributed by atoms with Crippen LogP contribution in [0.3, 0.4) is 0 Å². The normalized spacial score (nSPS) is 7.40. The Labute approximate surface area is 72.8 Å². The molecule has 0 aliphatic carbocycles. The van der Waals surface area contributed by atoms with Gasteiger partial charge in [0.25, 0.3) is 0 Å². The van der Waals surface area contributed by atoms with E-state index in [2.05, 4.69) is 5.92 Å².